The Bertz CT molecular complexity index is 604. The molecule has 2 rings (SSSR count). The van der Waals surface area contributed by atoms with Crippen LogP contribution in [-0.2, 0) is 16.1 Å². The molecule has 0 aromatic heterocycles. The number of nitrogens with one attached hydrogen (secondary N) is 1. The molecule has 0 fully saturated rings. The maximum atomic E-state index is 12.5. The number of ether oxygens (including phenoxy) is 1. The Morgan fingerprint density at radius 2 is 1.67 bits per heavy atom. The third-order valence-electron chi connectivity index (χ3n) is 3.71. The number of carbonyl (C=O) groups excluding carboxylic acids is 1. The van der Waals surface area contributed by atoms with Crippen molar-refractivity contribution >= 4 is 25.4 Å². The Kier molecular flexibility index (Phi) is 8.03. The summed E-state index contributed by atoms with van der Waals surface area (Å²) in [4.78, 5) is 12.7. The predicted octanol–water partition coefficient (Wildman–Crippen LogP) is 2.94. The van der Waals surface area contributed by atoms with Crippen molar-refractivity contribution in [1.82, 2.24) is 5.32 Å². The van der Waals surface area contributed by atoms with Gasteiger partial charge in [-0.1, -0.05) is 0 Å². The standard InChI is InChI=1S/C20H25NO2Se/c1-3-18(24-17-13-9-6-10-14-17)19(20(22)23-4-2)21-15-16-11-7-5-8-12-16/h5-14,18-19,21H,3-4,15H2,1-2H3. The zero-order valence-electron chi connectivity index (χ0n) is 14.3. The van der Waals surface area contributed by atoms with Crippen molar-refractivity contribution in [3.8, 4) is 0 Å². The molecule has 24 heavy (non-hydrogen) atoms. The number of esters is 1. The summed E-state index contributed by atoms with van der Waals surface area (Å²) in [5.74, 6) is -0.141. The molecule has 0 amide bonds. The third kappa shape index (κ3) is 5.79. The number of hydrogen-bond acceptors (Lipinski definition) is 3. The van der Waals surface area contributed by atoms with E-state index < -0.39 is 0 Å². The summed E-state index contributed by atoms with van der Waals surface area (Å²) in [5.41, 5.74) is 1.17. The molecule has 4 heteroatoms. The summed E-state index contributed by atoms with van der Waals surface area (Å²) in [6, 6.07) is 20.3. The molecule has 1 N–H and O–H groups in total. The third-order valence-corrected chi connectivity index (χ3v) is 6.76. The van der Waals surface area contributed by atoms with E-state index in [1.165, 1.54) is 10.0 Å². The minimum atomic E-state index is -0.268. The molecule has 2 unspecified atom stereocenters. The summed E-state index contributed by atoms with van der Waals surface area (Å²) in [6.45, 7) is 5.09. The molecule has 0 saturated heterocycles. The Balaban J connectivity index is 2.08. The fourth-order valence-electron chi connectivity index (χ4n) is 2.48. The van der Waals surface area contributed by atoms with Crippen LogP contribution in [0, 0.1) is 0 Å². The van der Waals surface area contributed by atoms with E-state index in [0.717, 1.165) is 6.42 Å². The molecular formula is C20H25NO2Se. The van der Waals surface area contributed by atoms with Crippen LogP contribution in [0.1, 0.15) is 25.8 Å². The van der Waals surface area contributed by atoms with Gasteiger partial charge < -0.3 is 0 Å². The molecular weight excluding hydrogens is 365 g/mol. The van der Waals surface area contributed by atoms with Crippen molar-refractivity contribution in [2.45, 2.75) is 37.7 Å². The van der Waals surface area contributed by atoms with Crippen molar-refractivity contribution in [3.05, 3.63) is 66.2 Å². The Labute approximate surface area is 151 Å². The van der Waals surface area contributed by atoms with Gasteiger partial charge in [0.15, 0.2) is 0 Å². The van der Waals surface area contributed by atoms with Gasteiger partial charge >= 0.3 is 151 Å². The first-order valence-electron chi connectivity index (χ1n) is 8.40. The van der Waals surface area contributed by atoms with Crippen molar-refractivity contribution in [3.63, 3.8) is 0 Å². The number of hydrogen-bond donors (Lipinski definition) is 1. The van der Waals surface area contributed by atoms with Crippen molar-refractivity contribution in [1.29, 1.82) is 0 Å². The summed E-state index contributed by atoms with van der Waals surface area (Å²) >= 11 is 0.219. The van der Waals surface area contributed by atoms with E-state index in [4.69, 9.17) is 4.74 Å². The second-order valence-corrected chi connectivity index (χ2v) is 8.23. The molecule has 0 aliphatic rings. The fourth-order valence-corrected chi connectivity index (χ4v) is 4.95. The molecule has 0 heterocycles. The number of rotatable bonds is 9. The van der Waals surface area contributed by atoms with Gasteiger partial charge in [-0.15, -0.1) is 0 Å². The van der Waals surface area contributed by atoms with Crippen molar-refractivity contribution in [2.75, 3.05) is 6.61 Å². The second-order valence-electron chi connectivity index (χ2n) is 5.47. The van der Waals surface area contributed by atoms with Crippen LogP contribution in [0.4, 0.5) is 0 Å². The normalized spacial score (nSPS) is 13.2. The average Bonchev–Trinajstić information content (AvgIpc) is 2.63. The van der Waals surface area contributed by atoms with Gasteiger partial charge in [-0.3, -0.25) is 0 Å². The molecule has 0 aliphatic carbocycles. The fraction of sp³-hybridized carbons (Fsp3) is 0.350. The summed E-state index contributed by atoms with van der Waals surface area (Å²) in [7, 11) is 0. The van der Waals surface area contributed by atoms with Gasteiger partial charge in [0.2, 0.25) is 0 Å². The second kappa shape index (κ2) is 10.3. The van der Waals surface area contributed by atoms with Gasteiger partial charge in [0, 0.05) is 0 Å². The SMILES string of the molecule is CCOC(=O)C(NCc1ccccc1)C(CC)[Se]c1ccccc1. The van der Waals surface area contributed by atoms with Gasteiger partial charge in [-0.25, -0.2) is 0 Å². The predicted molar refractivity (Wildman–Crippen MR) is 99.6 cm³/mol. The van der Waals surface area contributed by atoms with Crippen LogP contribution in [0.2, 0.25) is 4.82 Å². The topological polar surface area (TPSA) is 38.3 Å². The Morgan fingerprint density at radius 3 is 2.25 bits per heavy atom. The molecule has 0 saturated carbocycles. The van der Waals surface area contributed by atoms with Crippen LogP contribution in [0.3, 0.4) is 0 Å². The molecule has 2 aromatic rings. The van der Waals surface area contributed by atoms with Crippen LogP contribution >= 0.6 is 0 Å². The molecule has 0 bridgehead atoms. The van der Waals surface area contributed by atoms with E-state index in [1.54, 1.807) is 0 Å². The molecule has 3 nitrogen and oxygen atoms in total. The van der Waals surface area contributed by atoms with Crippen LogP contribution in [-0.4, -0.2) is 33.6 Å². The quantitative estimate of drug-likeness (QED) is 0.529. The monoisotopic (exact) mass is 391 g/mol. The van der Waals surface area contributed by atoms with Gasteiger partial charge in [0.1, 0.15) is 0 Å². The summed E-state index contributed by atoms with van der Waals surface area (Å²) in [5, 5.41) is 3.43. The minimum absolute atomic E-state index is 0.141. The Morgan fingerprint density at radius 1 is 1.04 bits per heavy atom. The zero-order chi connectivity index (χ0) is 17.2. The van der Waals surface area contributed by atoms with E-state index in [2.05, 4.69) is 48.6 Å². The first kappa shape index (κ1) is 18.7. The number of carbonyl (C=O) groups is 1. The molecule has 128 valence electrons. The molecule has 2 aromatic carbocycles. The zero-order valence-corrected chi connectivity index (χ0v) is 16.0. The molecule has 0 aliphatic heterocycles. The van der Waals surface area contributed by atoms with E-state index in [1.807, 2.05) is 31.2 Å². The van der Waals surface area contributed by atoms with E-state index in [0.29, 0.717) is 13.2 Å². The van der Waals surface area contributed by atoms with Gasteiger partial charge in [0.25, 0.3) is 0 Å². The van der Waals surface area contributed by atoms with E-state index in [-0.39, 0.29) is 31.8 Å². The van der Waals surface area contributed by atoms with Crippen LogP contribution < -0.4 is 9.78 Å². The van der Waals surface area contributed by atoms with E-state index >= 15 is 0 Å². The average molecular weight is 390 g/mol. The van der Waals surface area contributed by atoms with Crippen LogP contribution in [0.5, 0.6) is 0 Å². The summed E-state index contributed by atoms with van der Waals surface area (Å²) in [6.07, 6.45) is 0.945. The Hall–Kier alpha value is -1.61. The molecule has 0 spiro atoms. The van der Waals surface area contributed by atoms with Gasteiger partial charge in [0.05, 0.1) is 0 Å². The summed E-state index contributed by atoms with van der Waals surface area (Å²) < 4.78 is 6.63. The molecule has 0 radical (unpaired) electrons. The van der Waals surface area contributed by atoms with Gasteiger partial charge in [-0.05, 0) is 0 Å². The van der Waals surface area contributed by atoms with Crippen LogP contribution in [0.15, 0.2) is 60.7 Å². The van der Waals surface area contributed by atoms with Gasteiger partial charge in [-0.2, -0.15) is 0 Å². The maximum absolute atomic E-state index is 12.5. The number of benzene rings is 2. The van der Waals surface area contributed by atoms with Crippen LogP contribution in [0.25, 0.3) is 0 Å². The first-order valence-corrected chi connectivity index (χ1v) is 10.2. The van der Waals surface area contributed by atoms with E-state index in [9.17, 15) is 4.79 Å². The van der Waals surface area contributed by atoms with Crippen molar-refractivity contribution < 1.29 is 9.53 Å². The first-order chi connectivity index (χ1) is 11.7. The van der Waals surface area contributed by atoms with Crippen molar-refractivity contribution in [2.24, 2.45) is 0 Å². The molecule has 2 atom stereocenters.